The maximum atomic E-state index is 12.2. The summed E-state index contributed by atoms with van der Waals surface area (Å²) in [6.07, 6.45) is 1.49. The molecule has 0 atom stereocenters. The van der Waals surface area contributed by atoms with Crippen LogP contribution in [0.25, 0.3) is 11.5 Å². The molecule has 8 nitrogen and oxygen atoms in total. The highest BCUT2D eigenvalue weighted by Gasteiger charge is 2.12. The molecule has 0 aliphatic carbocycles. The van der Waals surface area contributed by atoms with Crippen molar-refractivity contribution in [2.75, 3.05) is 12.8 Å². The second-order valence-corrected chi connectivity index (χ2v) is 5.55. The molecule has 1 aromatic carbocycles. The molecule has 3 N–H and O–H groups in total. The number of hydrogen-bond donors (Lipinski definition) is 2. The average Bonchev–Trinajstić information content (AvgIpc) is 3.18. The quantitative estimate of drug-likeness (QED) is 0.692. The molecule has 3 aromatic rings. The molecule has 8 heteroatoms. The van der Waals surface area contributed by atoms with E-state index in [0.717, 1.165) is 10.2 Å². The van der Waals surface area contributed by atoms with Gasteiger partial charge in [0.15, 0.2) is 5.76 Å². The van der Waals surface area contributed by atoms with Gasteiger partial charge in [0, 0.05) is 6.54 Å². The van der Waals surface area contributed by atoms with Crippen LogP contribution in [0, 0.1) is 0 Å². The number of nitrogens with two attached hydrogens (primary N) is 1. The fourth-order valence-electron chi connectivity index (χ4n) is 2.39. The van der Waals surface area contributed by atoms with Crippen LogP contribution >= 0.6 is 0 Å². The second kappa shape index (κ2) is 7.56. The van der Waals surface area contributed by atoms with Crippen molar-refractivity contribution in [3.63, 3.8) is 0 Å². The van der Waals surface area contributed by atoms with Gasteiger partial charge in [0.1, 0.15) is 23.7 Å². The maximum absolute atomic E-state index is 12.2. The van der Waals surface area contributed by atoms with Gasteiger partial charge >= 0.3 is 0 Å². The summed E-state index contributed by atoms with van der Waals surface area (Å²) in [5.41, 5.74) is 6.46. The number of hydrogen-bond acceptors (Lipinski definition) is 6. The van der Waals surface area contributed by atoms with Crippen molar-refractivity contribution in [3.05, 3.63) is 64.6 Å². The summed E-state index contributed by atoms with van der Waals surface area (Å²) in [5, 5.41) is 6.89. The van der Waals surface area contributed by atoms with Crippen LogP contribution in [0.3, 0.4) is 0 Å². The van der Waals surface area contributed by atoms with Crippen molar-refractivity contribution >= 4 is 11.6 Å². The van der Waals surface area contributed by atoms with Gasteiger partial charge in [0.2, 0.25) is 5.91 Å². The average molecular weight is 354 g/mol. The molecular formula is C18H18N4O4. The highest BCUT2D eigenvalue weighted by Crippen LogP contribution is 2.17. The topological polar surface area (TPSA) is 112 Å². The first-order valence-corrected chi connectivity index (χ1v) is 7.88. The molecule has 26 heavy (non-hydrogen) atoms. The smallest absolute Gasteiger partial charge is 0.290 e. The number of carbonyl (C=O) groups is 1. The zero-order valence-electron chi connectivity index (χ0n) is 14.1. The number of ether oxygens (including phenoxy) is 1. The summed E-state index contributed by atoms with van der Waals surface area (Å²) in [6, 6.07) is 12.1. The highest BCUT2D eigenvalue weighted by atomic mass is 16.5. The Kier molecular flexibility index (Phi) is 5.02. The van der Waals surface area contributed by atoms with E-state index in [0.29, 0.717) is 23.7 Å². The summed E-state index contributed by atoms with van der Waals surface area (Å²) in [7, 11) is 1.58. The lowest BCUT2D eigenvalue weighted by Gasteiger charge is -2.09. The molecule has 3 rings (SSSR count). The molecule has 2 aromatic heterocycles. The Morgan fingerprint density at radius 1 is 1.31 bits per heavy atom. The van der Waals surface area contributed by atoms with Crippen LogP contribution in [0.1, 0.15) is 5.56 Å². The number of aromatic nitrogens is 2. The fourth-order valence-corrected chi connectivity index (χ4v) is 2.39. The second-order valence-electron chi connectivity index (χ2n) is 5.55. The van der Waals surface area contributed by atoms with E-state index in [4.69, 9.17) is 14.9 Å². The monoisotopic (exact) mass is 354 g/mol. The molecule has 2 heterocycles. The minimum absolute atomic E-state index is 0.00741. The van der Waals surface area contributed by atoms with E-state index in [1.807, 2.05) is 24.3 Å². The van der Waals surface area contributed by atoms with Crippen LogP contribution in [0.4, 0.5) is 5.69 Å². The predicted octanol–water partition coefficient (Wildman–Crippen LogP) is 1.41. The number of nitrogen functional groups attached to an aromatic ring is 1. The molecule has 0 aliphatic heterocycles. The third-order valence-electron chi connectivity index (χ3n) is 3.69. The largest absolute Gasteiger partial charge is 0.497 e. The molecule has 0 fully saturated rings. The molecule has 0 saturated carbocycles. The van der Waals surface area contributed by atoms with Gasteiger partial charge in [-0.2, -0.15) is 5.10 Å². The summed E-state index contributed by atoms with van der Waals surface area (Å²) < 4.78 is 11.4. The van der Waals surface area contributed by atoms with Crippen LogP contribution < -0.4 is 21.3 Å². The number of carbonyl (C=O) groups excluding carboxylic acids is 1. The molecule has 0 aliphatic rings. The van der Waals surface area contributed by atoms with E-state index in [-0.39, 0.29) is 18.1 Å². The first-order chi connectivity index (χ1) is 12.6. The standard InChI is InChI=1S/C18H18N4O4/c1-25-13-5-2-4-12(8-13)10-20-17(23)11-22-18(24)14(19)9-15(21-22)16-6-3-7-26-16/h2-9H,10-11,19H2,1H3,(H,20,23). The number of amides is 1. The summed E-state index contributed by atoms with van der Waals surface area (Å²) >= 11 is 0. The van der Waals surface area contributed by atoms with Crippen LogP contribution in [0.15, 0.2) is 57.9 Å². The Morgan fingerprint density at radius 3 is 2.88 bits per heavy atom. The Balaban J connectivity index is 1.71. The summed E-state index contributed by atoms with van der Waals surface area (Å²) in [4.78, 5) is 24.3. The predicted molar refractivity (Wildman–Crippen MR) is 95.5 cm³/mol. The lowest BCUT2D eigenvalue weighted by Crippen LogP contribution is -2.34. The molecule has 0 spiro atoms. The number of benzene rings is 1. The zero-order valence-corrected chi connectivity index (χ0v) is 14.1. The number of anilines is 1. The SMILES string of the molecule is COc1cccc(CNC(=O)Cn2nc(-c3ccco3)cc(N)c2=O)c1. The lowest BCUT2D eigenvalue weighted by molar-refractivity contribution is -0.122. The van der Waals surface area contributed by atoms with Crippen LogP contribution in [0.2, 0.25) is 0 Å². The summed E-state index contributed by atoms with van der Waals surface area (Å²) in [5.74, 6) is 0.800. The molecule has 0 unspecified atom stereocenters. The summed E-state index contributed by atoms with van der Waals surface area (Å²) in [6.45, 7) is 0.0552. The van der Waals surface area contributed by atoms with Crippen molar-refractivity contribution in [2.45, 2.75) is 13.1 Å². The van der Waals surface area contributed by atoms with Crippen molar-refractivity contribution in [2.24, 2.45) is 0 Å². The molecule has 0 bridgehead atoms. The van der Waals surface area contributed by atoms with Crippen molar-refractivity contribution in [1.29, 1.82) is 0 Å². The Morgan fingerprint density at radius 2 is 2.15 bits per heavy atom. The Labute approximate surface area is 149 Å². The van der Waals surface area contributed by atoms with E-state index in [9.17, 15) is 9.59 Å². The molecule has 0 saturated heterocycles. The molecule has 0 radical (unpaired) electrons. The van der Waals surface area contributed by atoms with E-state index in [1.165, 1.54) is 12.3 Å². The third kappa shape index (κ3) is 3.92. The van der Waals surface area contributed by atoms with Gasteiger partial charge in [-0.15, -0.1) is 0 Å². The number of methoxy groups -OCH3 is 1. The van der Waals surface area contributed by atoms with E-state index in [1.54, 1.807) is 19.2 Å². The molecule has 134 valence electrons. The molecular weight excluding hydrogens is 336 g/mol. The van der Waals surface area contributed by atoms with Gasteiger partial charge in [-0.3, -0.25) is 9.59 Å². The van der Waals surface area contributed by atoms with Crippen LogP contribution in [-0.4, -0.2) is 22.8 Å². The number of nitrogens with zero attached hydrogens (tertiary/aromatic N) is 2. The van der Waals surface area contributed by atoms with Gasteiger partial charge in [-0.25, -0.2) is 4.68 Å². The van der Waals surface area contributed by atoms with Crippen LogP contribution in [0.5, 0.6) is 5.75 Å². The Hall–Kier alpha value is -3.55. The van der Waals surface area contributed by atoms with Crippen LogP contribution in [-0.2, 0) is 17.9 Å². The molecule has 1 amide bonds. The highest BCUT2D eigenvalue weighted by molar-refractivity contribution is 5.75. The maximum Gasteiger partial charge on any atom is 0.290 e. The van der Waals surface area contributed by atoms with Gasteiger partial charge in [-0.05, 0) is 35.9 Å². The van der Waals surface area contributed by atoms with Crippen molar-refractivity contribution < 1.29 is 13.9 Å². The fraction of sp³-hybridized carbons (Fsp3) is 0.167. The first kappa shape index (κ1) is 17.3. The first-order valence-electron chi connectivity index (χ1n) is 7.88. The van der Waals surface area contributed by atoms with E-state index in [2.05, 4.69) is 10.4 Å². The minimum Gasteiger partial charge on any atom is -0.497 e. The Bertz CT molecular complexity index is 964. The number of nitrogens with one attached hydrogen (secondary N) is 1. The van der Waals surface area contributed by atoms with Crippen molar-refractivity contribution in [3.8, 4) is 17.2 Å². The number of rotatable bonds is 6. The van der Waals surface area contributed by atoms with Crippen molar-refractivity contribution in [1.82, 2.24) is 15.1 Å². The number of furan rings is 1. The third-order valence-corrected chi connectivity index (χ3v) is 3.69. The van der Waals surface area contributed by atoms with Gasteiger partial charge < -0.3 is 20.2 Å². The normalized spacial score (nSPS) is 10.5. The minimum atomic E-state index is -0.531. The lowest BCUT2D eigenvalue weighted by atomic mass is 10.2. The van der Waals surface area contributed by atoms with Gasteiger partial charge in [0.05, 0.1) is 13.4 Å². The zero-order chi connectivity index (χ0) is 18.5. The van der Waals surface area contributed by atoms with E-state index < -0.39 is 5.56 Å². The van der Waals surface area contributed by atoms with E-state index >= 15 is 0 Å². The van der Waals surface area contributed by atoms with Gasteiger partial charge in [-0.1, -0.05) is 12.1 Å². The van der Waals surface area contributed by atoms with Gasteiger partial charge in [0.25, 0.3) is 5.56 Å².